The molecule has 0 radical (unpaired) electrons. The van der Waals surface area contributed by atoms with Gasteiger partial charge in [-0.05, 0) is 51.4 Å². The molecular formula is C32H68N+. The fourth-order valence-corrected chi connectivity index (χ4v) is 5.58. The lowest BCUT2D eigenvalue weighted by Crippen LogP contribution is -2.50. The van der Waals surface area contributed by atoms with E-state index in [1.54, 1.807) is 0 Å². The van der Waals surface area contributed by atoms with Crippen LogP contribution >= 0.6 is 0 Å². The molecule has 0 saturated carbocycles. The van der Waals surface area contributed by atoms with Crippen LogP contribution in [-0.4, -0.2) is 30.7 Å². The molecule has 0 bridgehead atoms. The van der Waals surface area contributed by atoms with Crippen LogP contribution in [-0.2, 0) is 0 Å². The second-order valence-electron chi connectivity index (χ2n) is 11.3. The molecule has 1 nitrogen and oxygen atoms in total. The summed E-state index contributed by atoms with van der Waals surface area (Å²) in [5.41, 5.74) is 0. The number of rotatable bonds is 28. The van der Waals surface area contributed by atoms with Crippen LogP contribution in [0.3, 0.4) is 0 Å². The van der Waals surface area contributed by atoms with E-state index in [0.29, 0.717) is 0 Å². The molecule has 0 spiro atoms. The molecule has 0 aliphatic carbocycles. The summed E-state index contributed by atoms with van der Waals surface area (Å²) in [7, 11) is 0. The van der Waals surface area contributed by atoms with Gasteiger partial charge in [-0.25, -0.2) is 0 Å². The normalized spacial score (nSPS) is 12.0. The smallest absolute Gasteiger partial charge is 0.0786 e. The molecule has 0 unspecified atom stereocenters. The van der Waals surface area contributed by atoms with Crippen LogP contribution in [0.25, 0.3) is 0 Å². The highest BCUT2D eigenvalue weighted by molar-refractivity contribution is 4.54. The van der Waals surface area contributed by atoms with Gasteiger partial charge >= 0.3 is 0 Å². The Hall–Kier alpha value is -0.0400. The molecule has 0 amide bonds. The van der Waals surface area contributed by atoms with Gasteiger partial charge in [0.2, 0.25) is 0 Å². The zero-order valence-corrected chi connectivity index (χ0v) is 24.2. The summed E-state index contributed by atoms with van der Waals surface area (Å²) in [6.07, 6.45) is 34.8. The first kappa shape index (κ1) is 33.0. The van der Waals surface area contributed by atoms with E-state index in [0.717, 1.165) is 0 Å². The van der Waals surface area contributed by atoms with E-state index >= 15 is 0 Å². The monoisotopic (exact) mass is 467 g/mol. The van der Waals surface area contributed by atoms with Gasteiger partial charge in [-0.2, -0.15) is 0 Å². The first-order valence-corrected chi connectivity index (χ1v) is 16.1. The predicted molar refractivity (Wildman–Crippen MR) is 153 cm³/mol. The summed E-state index contributed by atoms with van der Waals surface area (Å²) < 4.78 is 1.46. The maximum absolute atomic E-state index is 2.36. The van der Waals surface area contributed by atoms with Gasteiger partial charge in [-0.15, -0.1) is 0 Å². The Morgan fingerprint density at radius 2 is 0.424 bits per heavy atom. The van der Waals surface area contributed by atoms with Crippen LogP contribution in [0.15, 0.2) is 0 Å². The molecule has 0 aliphatic heterocycles. The highest BCUT2D eigenvalue weighted by atomic mass is 15.3. The Kier molecular flexibility index (Phi) is 26.5. The average Bonchev–Trinajstić information content (AvgIpc) is 2.82. The third-order valence-electron chi connectivity index (χ3n) is 7.94. The molecule has 0 aliphatic rings. The molecular weight excluding hydrogens is 398 g/mol. The van der Waals surface area contributed by atoms with Crippen LogP contribution < -0.4 is 0 Å². The Morgan fingerprint density at radius 3 is 0.697 bits per heavy atom. The molecule has 0 atom stereocenters. The van der Waals surface area contributed by atoms with E-state index in [-0.39, 0.29) is 0 Å². The first-order chi connectivity index (χ1) is 16.2. The molecule has 0 rings (SSSR count). The van der Waals surface area contributed by atoms with Crippen molar-refractivity contribution in [2.75, 3.05) is 26.2 Å². The molecule has 0 aromatic carbocycles. The minimum atomic E-state index is 1.36. The standard InChI is InChI=1S/C32H68N/c1-5-9-13-14-15-16-17-18-19-20-21-22-23-24-28-32-33(29-25-10-6-2,30-26-11-7-3)31-27-12-8-4/h5-32H2,1-4H3/q+1. The lowest BCUT2D eigenvalue weighted by molar-refractivity contribution is -0.929. The zero-order valence-electron chi connectivity index (χ0n) is 24.2. The lowest BCUT2D eigenvalue weighted by atomic mass is 10.0. The van der Waals surface area contributed by atoms with Crippen LogP contribution in [0.2, 0.25) is 0 Å². The first-order valence-electron chi connectivity index (χ1n) is 16.1. The molecule has 0 saturated heterocycles. The second-order valence-corrected chi connectivity index (χ2v) is 11.3. The Balaban J connectivity index is 3.98. The van der Waals surface area contributed by atoms with Gasteiger partial charge in [0, 0.05) is 0 Å². The molecule has 0 N–H and O–H groups in total. The number of nitrogens with zero attached hydrogens (tertiary/aromatic N) is 1. The lowest BCUT2D eigenvalue weighted by Gasteiger charge is -2.39. The molecule has 0 heterocycles. The van der Waals surface area contributed by atoms with Crippen molar-refractivity contribution in [1.82, 2.24) is 0 Å². The third kappa shape index (κ3) is 22.2. The van der Waals surface area contributed by atoms with Gasteiger partial charge in [0.15, 0.2) is 0 Å². The van der Waals surface area contributed by atoms with E-state index in [9.17, 15) is 0 Å². The minimum Gasteiger partial charge on any atom is -0.324 e. The van der Waals surface area contributed by atoms with Crippen molar-refractivity contribution < 1.29 is 4.48 Å². The molecule has 0 aromatic rings. The van der Waals surface area contributed by atoms with Gasteiger partial charge in [0.25, 0.3) is 0 Å². The van der Waals surface area contributed by atoms with Crippen molar-refractivity contribution in [3.05, 3.63) is 0 Å². The maximum atomic E-state index is 2.36. The highest BCUT2D eigenvalue weighted by Crippen LogP contribution is 2.19. The SMILES string of the molecule is CCCCCCCCCCCCCCCCC[N+](CCCCC)(CCCCC)CCCCC. The summed E-state index contributed by atoms with van der Waals surface area (Å²) in [6, 6.07) is 0. The second kappa shape index (κ2) is 26.6. The zero-order chi connectivity index (χ0) is 24.3. The van der Waals surface area contributed by atoms with E-state index in [4.69, 9.17) is 0 Å². The van der Waals surface area contributed by atoms with Crippen molar-refractivity contribution in [3.63, 3.8) is 0 Å². The van der Waals surface area contributed by atoms with Gasteiger partial charge in [-0.1, -0.05) is 130 Å². The highest BCUT2D eigenvalue weighted by Gasteiger charge is 2.25. The van der Waals surface area contributed by atoms with Crippen molar-refractivity contribution in [2.24, 2.45) is 0 Å². The molecule has 1 heteroatoms. The Bertz CT molecular complexity index is 324. The fourth-order valence-electron chi connectivity index (χ4n) is 5.58. The van der Waals surface area contributed by atoms with Crippen molar-refractivity contribution in [3.8, 4) is 0 Å². The molecule has 200 valence electrons. The number of hydrogen-bond donors (Lipinski definition) is 0. The third-order valence-corrected chi connectivity index (χ3v) is 7.94. The largest absolute Gasteiger partial charge is 0.324 e. The van der Waals surface area contributed by atoms with Crippen molar-refractivity contribution in [2.45, 2.75) is 182 Å². The van der Waals surface area contributed by atoms with Gasteiger partial charge in [0.1, 0.15) is 0 Å². The quantitative estimate of drug-likeness (QED) is 0.0794. The van der Waals surface area contributed by atoms with Gasteiger partial charge in [-0.3, -0.25) is 0 Å². The molecule has 0 aromatic heterocycles. The van der Waals surface area contributed by atoms with E-state index in [2.05, 4.69) is 27.7 Å². The Morgan fingerprint density at radius 1 is 0.242 bits per heavy atom. The number of unbranched alkanes of at least 4 members (excludes halogenated alkanes) is 20. The van der Waals surface area contributed by atoms with Gasteiger partial charge < -0.3 is 4.48 Å². The van der Waals surface area contributed by atoms with E-state index < -0.39 is 0 Å². The summed E-state index contributed by atoms with van der Waals surface area (Å²) in [5.74, 6) is 0. The minimum absolute atomic E-state index is 1.36. The summed E-state index contributed by atoms with van der Waals surface area (Å²) in [6.45, 7) is 15.2. The van der Waals surface area contributed by atoms with Gasteiger partial charge in [0.05, 0.1) is 26.2 Å². The molecule has 33 heavy (non-hydrogen) atoms. The summed E-state index contributed by atoms with van der Waals surface area (Å²) in [4.78, 5) is 0. The maximum Gasteiger partial charge on any atom is 0.0786 e. The van der Waals surface area contributed by atoms with Crippen LogP contribution in [0.4, 0.5) is 0 Å². The van der Waals surface area contributed by atoms with Crippen molar-refractivity contribution in [1.29, 1.82) is 0 Å². The average molecular weight is 467 g/mol. The van der Waals surface area contributed by atoms with Crippen molar-refractivity contribution >= 4 is 0 Å². The van der Waals surface area contributed by atoms with Crippen LogP contribution in [0, 0.1) is 0 Å². The summed E-state index contributed by atoms with van der Waals surface area (Å²) in [5, 5.41) is 0. The fraction of sp³-hybridized carbons (Fsp3) is 1.00. The van der Waals surface area contributed by atoms with E-state index in [1.165, 1.54) is 185 Å². The Labute approximate surface area is 212 Å². The van der Waals surface area contributed by atoms with Crippen LogP contribution in [0.1, 0.15) is 182 Å². The van der Waals surface area contributed by atoms with Crippen LogP contribution in [0.5, 0.6) is 0 Å². The number of quaternary nitrogens is 1. The topological polar surface area (TPSA) is 0 Å². The summed E-state index contributed by atoms with van der Waals surface area (Å²) >= 11 is 0. The number of hydrogen-bond acceptors (Lipinski definition) is 0. The molecule has 0 fully saturated rings. The van der Waals surface area contributed by atoms with E-state index in [1.807, 2.05) is 0 Å². The predicted octanol–water partition coefficient (Wildman–Crippen LogP) is 11.2.